The fourth-order valence-electron chi connectivity index (χ4n) is 2.33. The lowest BCUT2D eigenvalue weighted by atomic mass is 10.2. The molecule has 3 aromatic rings. The van der Waals surface area contributed by atoms with Crippen molar-refractivity contribution >= 4 is 55.5 Å². The normalized spacial score (nSPS) is 11.6. The van der Waals surface area contributed by atoms with Crippen LogP contribution in [0.2, 0.25) is 4.34 Å². The summed E-state index contributed by atoms with van der Waals surface area (Å²) in [5.41, 5.74) is 1.86. The van der Waals surface area contributed by atoms with Gasteiger partial charge in [0.1, 0.15) is 0 Å². The van der Waals surface area contributed by atoms with E-state index in [9.17, 15) is 13.2 Å². The molecular formula is C16H13ClN2O3S2. The first-order chi connectivity index (χ1) is 11.3. The maximum Gasteiger partial charge on any atom is 0.282 e. The Kier molecular flexibility index (Phi) is 4.33. The average Bonchev–Trinajstić information content (AvgIpc) is 2.92. The molecule has 0 aliphatic heterocycles. The molecule has 1 aromatic carbocycles. The third-order valence-corrected chi connectivity index (χ3v) is 5.61. The summed E-state index contributed by atoms with van der Waals surface area (Å²) in [6, 6.07) is 11.7. The Labute approximate surface area is 148 Å². The molecule has 0 aliphatic carbocycles. The number of fused-ring (bicyclic) bond motifs is 1. The van der Waals surface area contributed by atoms with E-state index in [1.165, 1.54) is 6.07 Å². The molecule has 24 heavy (non-hydrogen) atoms. The number of carbonyl (C=O) groups is 1. The van der Waals surface area contributed by atoms with Gasteiger partial charge in [-0.15, -0.1) is 11.3 Å². The Balaban J connectivity index is 2.13. The van der Waals surface area contributed by atoms with E-state index in [1.54, 1.807) is 24.3 Å². The molecule has 0 spiro atoms. The Bertz CT molecular complexity index is 1040. The number of sulfonamides is 1. The van der Waals surface area contributed by atoms with Crippen LogP contribution in [-0.4, -0.2) is 25.6 Å². The number of carbonyl (C=O) groups excluding carboxylic acids is 1. The monoisotopic (exact) mass is 380 g/mol. The predicted molar refractivity (Wildman–Crippen MR) is 97.5 cm³/mol. The topological polar surface area (TPSA) is 67.3 Å². The average molecular weight is 381 g/mol. The lowest BCUT2D eigenvalue weighted by molar-refractivity contribution is 0.101. The van der Waals surface area contributed by atoms with Crippen molar-refractivity contribution in [2.75, 3.05) is 10.6 Å². The number of pyridine rings is 1. The van der Waals surface area contributed by atoms with Gasteiger partial charge in [0.05, 0.1) is 26.7 Å². The van der Waals surface area contributed by atoms with Crippen molar-refractivity contribution < 1.29 is 13.2 Å². The largest absolute Gasteiger partial charge is 0.282 e. The zero-order chi connectivity index (χ0) is 17.5. The Morgan fingerprint density at radius 2 is 1.92 bits per heavy atom. The van der Waals surface area contributed by atoms with Gasteiger partial charge in [-0.2, -0.15) is 0 Å². The second-order valence-electron chi connectivity index (χ2n) is 5.27. The van der Waals surface area contributed by atoms with E-state index in [0.717, 1.165) is 38.5 Å². The van der Waals surface area contributed by atoms with Gasteiger partial charge in [-0.3, -0.25) is 9.78 Å². The summed E-state index contributed by atoms with van der Waals surface area (Å²) in [5, 5.41) is 0.753. The van der Waals surface area contributed by atoms with Crippen molar-refractivity contribution in [1.29, 1.82) is 0 Å². The highest BCUT2D eigenvalue weighted by molar-refractivity contribution is 7.92. The predicted octanol–water partition coefficient (Wildman–Crippen LogP) is 3.86. The van der Waals surface area contributed by atoms with Crippen molar-refractivity contribution in [3.63, 3.8) is 0 Å². The number of benzene rings is 1. The number of amides is 1. The summed E-state index contributed by atoms with van der Waals surface area (Å²) in [4.78, 5) is 17.3. The standard InChI is InChI=1S/C16H13ClN2O3S2/c1-10-3-4-11-9-12(5-6-13(11)18-10)19(24(2,21)22)16(20)14-7-8-15(17)23-14/h3-9H,1-2H3. The summed E-state index contributed by atoms with van der Waals surface area (Å²) in [7, 11) is -3.81. The van der Waals surface area contributed by atoms with Crippen LogP contribution in [-0.2, 0) is 10.0 Å². The fourth-order valence-corrected chi connectivity index (χ4v) is 4.26. The highest BCUT2D eigenvalue weighted by Gasteiger charge is 2.27. The molecule has 0 saturated carbocycles. The summed E-state index contributed by atoms with van der Waals surface area (Å²) >= 11 is 6.89. The molecule has 2 heterocycles. The number of aromatic nitrogens is 1. The van der Waals surface area contributed by atoms with Crippen molar-refractivity contribution in [2.45, 2.75) is 6.92 Å². The van der Waals surface area contributed by atoms with Crippen LogP contribution in [0.3, 0.4) is 0 Å². The van der Waals surface area contributed by atoms with Gasteiger partial charge in [-0.1, -0.05) is 17.7 Å². The number of halogens is 1. The van der Waals surface area contributed by atoms with Gasteiger partial charge in [-0.25, -0.2) is 12.7 Å². The molecule has 0 N–H and O–H groups in total. The van der Waals surface area contributed by atoms with Gasteiger partial charge in [0.25, 0.3) is 5.91 Å². The molecule has 1 amide bonds. The lowest BCUT2D eigenvalue weighted by Crippen LogP contribution is -2.35. The van der Waals surface area contributed by atoms with Crippen molar-refractivity contribution in [3.8, 4) is 0 Å². The Morgan fingerprint density at radius 3 is 2.54 bits per heavy atom. The molecular weight excluding hydrogens is 368 g/mol. The van der Waals surface area contributed by atoms with Crippen LogP contribution in [0, 0.1) is 6.92 Å². The number of hydrogen-bond acceptors (Lipinski definition) is 5. The van der Waals surface area contributed by atoms with Crippen molar-refractivity contribution in [2.24, 2.45) is 0 Å². The van der Waals surface area contributed by atoms with Crippen molar-refractivity contribution in [1.82, 2.24) is 4.98 Å². The first-order valence-corrected chi connectivity index (χ1v) is 9.97. The zero-order valence-corrected chi connectivity index (χ0v) is 15.2. The number of anilines is 1. The minimum Gasteiger partial charge on any atom is -0.267 e. The van der Waals surface area contributed by atoms with Gasteiger partial charge >= 0.3 is 0 Å². The van der Waals surface area contributed by atoms with Crippen LogP contribution in [0.25, 0.3) is 10.9 Å². The van der Waals surface area contributed by atoms with E-state index in [1.807, 2.05) is 19.1 Å². The highest BCUT2D eigenvalue weighted by atomic mass is 35.5. The van der Waals surface area contributed by atoms with E-state index < -0.39 is 15.9 Å². The van der Waals surface area contributed by atoms with Gasteiger partial charge in [-0.05, 0) is 43.3 Å². The molecule has 2 aromatic heterocycles. The lowest BCUT2D eigenvalue weighted by Gasteiger charge is -2.20. The van der Waals surface area contributed by atoms with Crippen LogP contribution in [0.4, 0.5) is 5.69 Å². The van der Waals surface area contributed by atoms with Crippen LogP contribution in [0.5, 0.6) is 0 Å². The van der Waals surface area contributed by atoms with E-state index in [0.29, 0.717) is 4.34 Å². The van der Waals surface area contributed by atoms with Crippen LogP contribution in [0.1, 0.15) is 15.4 Å². The minimum atomic E-state index is -3.81. The molecule has 5 nitrogen and oxygen atoms in total. The second kappa shape index (κ2) is 6.16. The minimum absolute atomic E-state index is 0.257. The first kappa shape index (κ1) is 16.9. The molecule has 0 bridgehead atoms. The molecule has 8 heteroatoms. The summed E-state index contributed by atoms with van der Waals surface area (Å²) in [6.07, 6.45) is 0.998. The van der Waals surface area contributed by atoms with E-state index in [4.69, 9.17) is 11.6 Å². The van der Waals surface area contributed by atoms with Crippen LogP contribution in [0.15, 0.2) is 42.5 Å². The summed E-state index contributed by atoms with van der Waals surface area (Å²) < 4.78 is 25.6. The quantitative estimate of drug-likeness (QED) is 0.691. The number of hydrogen-bond donors (Lipinski definition) is 0. The number of aryl methyl sites for hydroxylation is 1. The molecule has 0 radical (unpaired) electrons. The maximum atomic E-state index is 12.7. The van der Waals surface area contributed by atoms with E-state index >= 15 is 0 Å². The Hall–Kier alpha value is -1.96. The van der Waals surface area contributed by atoms with Crippen molar-refractivity contribution in [3.05, 3.63) is 57.4 Å². The third-order valence-electron chi connectivity index (χ3n) is 3.35. The molecule has 0 atom stereocenters. The molecule has 3 rings (SSSR count). The number of nitrogens with zero attached hydrogens (tertiary/aromatic N) is 2. The Morgan fingerprint density at radius 1 is 1.17 bits per heavy atom. The zero-order valence-electron chi connectivity index (χ0n) is 12.9. The van der Waals surface area contributed by atoms with E-state index in [-0.39, 0.29) is 10.6 Å². The maximum absolute atomic E-state index is 12.7. The molecule has 124 valence electrons. The molecule has 0 saturated heterocycles. The summed E-state index contributed by atoms with van der Waals surface area (Å²) in [5.74, 6) is -0.631. The highest BCUT2D eigenvalue weighted by Crippen LogP contribution is 2.28. The van der Waals surface area contributed by atoms with Gasteiger partial charge in [0.15, 0.2) is 0 Å². The van der Waals surface area contributed by atoms with Gasteiger partial charge in [0, 0.05) is 11.1 Å². The van der Waals surface area contributed by atoms with E-state index in [2.05, 4.69) is 4.98 Å². The molecule has 0 aliphatic rings. The SMILES string of the molecule is Cc1ccc2cc(N(C(=O)c3ccc(Cl)s3)S(C)(=O)=O)ccc2n1. The van der Waals surface area contributed by atoms with Gasteiger partial charge < -0.3 is 0 Å². The van der Waals surface area contributed by atoms with Crippen LogP contribution >= 0.6 is 22.9 Å². The first-order valence-electron chi connectivity index (χ1n) is 6.93. The molecule has 0 fully saturated rings. The fraction of sp³-hybridized carbons (Fsp3) is 0.125. The third kappa shape index (κ3) is 3.28. The number of thiophene rings is 1. The molecule has 0 unspecified atom stereocenters. The van der Waals surface area contributed by atoms with Crippen LogP contribution < -0.4 is 4.31 Å². The second-order valence-corrected chi connectivity index (χ2v) is 8.81. The smallest absolute Gasteiger partial charge is 0.267 e. The number of rotatable bonds is 3. The van der Waals surface area contributed by atoms with Gasteiger partial charge in [0.2, 0.25) is 10.0 Å². The summed E-state index contributed by atoms with van der Waals surface area (Å²) in [6.45, 7) is 1.88.